The van der Waals surface area contributed by atoms with E-state index in [1.165, 1.54) is 19.2 Å². The standard InChI is InChI=1S/C15H18FNO4/c1-9(21-8-10-3-4-10)14(18)17-11-5-6-13(16)12(7-11)15(19)20-2/h5-7,9-10H,3-4,8H2,1-2H3,(H,17,18). The van der Waals surface area contributed by atoms with Crippen molar-refractivity contribution in [1.29, 1.82) is 0 Å². The van der Waals surface area contributed by atoms with Crippen molar-refractivity contribution in [2.24, 2.45) is 5.92 Å². The van der Waals surface area contributed by atoms with E-state index in [0.717, 1.165) is 18.9 Å². The van der Waals surface area contributed by atoms with Crippen molar-refractivity contribution >= 4 is 17.6 Å². The average Bonchev–Trinajstić information content (AvgIpc) is 3.30. The van der Waals surface area contributed by atoms with Gasteiger partial charge in [0, 0.05) is 5.69 Å². The normalized spacial score (nSPS) is 15.4. The minimum Gasteiger partial charge on any atom is -0.465 e. The second-order valence-electron chi connectivity index (χ2n) is 5.09. The number of halogens is 1. The summed E-state index contributed by atoms with van der Waals surface area (Å²) in [6.07, 6.45) is 1.70. The number of methoxy groups -OCH3 is 1. The molecule has 0 saturated heterocycles. The van der Waals surface area contributed by atoms with Crippen LogP contribution in [0.15, 0.2) is 18.2 Å². The number of hydrogen-bond acceptors (Lipinski definition) is 4. The Morgan fingerprint density at radius 3 is 2.76 bits per heavy atom. The molecule has 1 amide bonds. The van der Waals surface area contributed by atoms with E-state index in [1.54, 1.807) is 6.92 Å². The van der Waals surface area contributed by atoms with Crippen LogP contribution in [0, 0.1) is 11.7 Å². The van der Waals surface area contributed by atoms with E-state index in [9.17, 15) is 14.0 Å². The molecule has 0 heterocycles. The van der Waals surface area contributed by atoms with Gasteiger partial charge in [-0.3, -0.25) is 4.79 Å². The molecule has 0 radical (unpaired) electrons. The van der Waals surface area contributed by atoms with Crippen LogP contribution in [-0.4, -0.2) is 31.7 Å². The summed E-state index contributed by atoms with van der Waals surface area (Å²) in [7, 11) is 1.17. The summed E-state index contributed by atoms with van der Waals surface area (Å²) < 4.78 is 23.4. The van der Waals surface area contributed by atoms with Crippen LogP contribution in [0.5, 0.6) is 0 Å². The minimum atomic E-state index is -0.790. The molecule has 1 aliphatic carbocycles. The number of ether oxygens (including phenoxy) is 2. The van der Waals surface area contributed by atoms with Gasteiger partial charge in [0.05, 0.1) is 19.3 Å². The molecule has 5 nitrogen and oxygen atoms in total. The largest absolute Gasteiger partial charge is 0.465 e. The van der Waals surface area contributed by atoms with E-state index >= 15 is 0 Å². The highest BCUT2D eigenvalue weighted by atomic mass is 19.1. The van der Waals surface area contributed by atoms with E-state index in [0.29, 0.717) is 18.2 Å². The molecule has 0 aliphatic heterocycles. The number of hydrogen-bond donors (Lipinski definition) is 1. The second-order valence-corrected chi connectivity index (χ2v) is 5.09. The molecule has 0 spiro atoms. The Balaban J connectivity index is 1.97. The maximum Gasteiger partial charge on any atom is 0.340 e. The molecule has 1 aromatic rings. The SMILES string of the molecule is COC(=O)c1cc(NC(=O)C(C)OCC2CC2)ccc1F. The third-order valence-corrected chi connectivity index (χ3v) is 3.29. The topological polar surface area (TPSA) is 64.6 Å². The average molecular weight is 295 g/mol. The highest BCUT2D eigenvalue weighted by molar-refractivity contribution is 5.96. The molecule has 114 valence electrons. The highest BCUT2D eigenvalue weighted by Gasteiger charge is 2.24. The Hall–Kier alpha value is -1.95. The lowest BCUT2D eigenvalue weighted by molar-refractivity contribution is -0.126. The summed E-state index contributed by atoms with van der Waals surface area (Å²) in [6.45, 7) is 2.23. The van der Waals surface area contributed by atoms with Crippen molar-refractivity contribution < 1.29 is 23.5 Å². The minimum absolute atomic E-state index is 0.221. The molecule has 2 rings (SSSR count). The number of anilines is 1. The fourth-order valence-corrected chi connectivity index (χ4v) is 1.75. The Morgan fingerprint density at radius 2 is 2.14 bits per heavy atom. The van der Waals surface area contributed by atoms with Gasteiger partial charge in [0.25, 0.3) is 5.91 Å². The number of amides is 1. The van der Waals surface area contributed by atoms with Gasteiger partial charge in [0.1, 0.15) is 11.9 Å². The van der Waals surface area contributed by atoms with Crippen LogP contribution in [0.3, 0.4) is 0 Å². The quantitative estimate of drug-likeness (QED) is 0.818. The summed E-state index contributed by atoms with van der Waals surface area (Å²) in [5, 5.41) is 2.59. The first kappa shape index (κ1) is 15.4. The molecular formula is C15H18FNO4. The van der Waals surface area contributed by atoms with Crippen LogP contribution in [-0.2, 0) is 14.3 Å². The second kappa shape index (κ2) is 6.67. The van der Waals surface area contributed by atoms with Gasteiger partial charge in [-0.25, -0.2) is 9.18 Å². The fourth-order valence-electron chi connectivity index (χ4n) is 1.75. The van der Waals surface area contributed by atoms with Crippen molar-refractivity contribution in [3.05, 3.63) is 29.6 Å². The van der Waals surface area contributed by atoms with E-state index in [1.807, 2.05) is 0 Å². The zero-order valence-electron chi connectivity index (χ0n) is 12.0. The number of carbonyl (C=O) groups is 2. The molecule has 0 aromatic heterocycles. The van der Waals surface area contributed by atoms with Crippen molar-refractivity contribution in [2.45, 2.75) is 25.9 Å². The molecule has 1 fully saturated rings. The van der Waals surface area contributed by atoms with Crippen molar-refractivity contribution in [3.63, 3.8) is 0 Å². The number of rotatable bonds is 6. The summed E-state index contributed by atoms with van der Waals surface area (Å²) in [5.74, 6) is -1.26. The molecule has 1 aromatic carbocycles. The van der Waals surface area contributed by atoms with E-state index in [-0.39, 0.29) is 11.5 Å². The van der Waals surface area contributed by atoms with Gasteiger partial charge in [0.2, 0.25) is 0 Å². The molecular weight excluding hydrogens is 277 g/mol. The van der Waals surface area contributed by atoms with E-state index < -0.39 is 17.9 Å². The van der Waals surface area contributed by atoms with Gasteiger partial charge in [-0.05, 0) is 43.9 Å². The fraction of sp³-hybridized carbons (Fsp3) is 0.467. The summed E-state index contributed by atoms with van der Waals surface area (Å²) in [4.78, 5) is 23.3. The zero-order valence-corrected chi connectivity index (χ0v) is 12.0. The molecule has 0 bridgehead atoms. The third-order valence-electron chi connectivity index (χ3n) is 3.29. The summed E-state index contributed by atoms with van der Waals surface area (Å²) >= 11 is 0. The lowest BCUT2D eigenvalue weighted by Gasteiger charge is -2.13. The number of carbonyl (C=O) groups excluding carboxylic acids is 2. The van der Waals surface area contributed by atoms with Crippen LogP contribution in [0.25, 0.3) is 0 Å². The predicted molar refractivity (Wildman–Crippen MR) is 74.5 cm³/mol. The highest BCUT2D eigenvalue weighted by Crippen LogP contribution is 2.29. The molecule has 1 saturated carbocycles. The van der Waals surface area contributed by atoms with Crippen LogP contribution in [0.4, 0.5) is 10.1 Å². The maximum absolute atomic E-state index is 13.5. The summed E-state index contributed by atoms with van der Waals surface area (Å²) in [5.41, 5.74) is 0.102. The van der Waals surface area contributed by atoms with Gasteiger partial charge >= 0.3 is 5.97 Å². The van der Waals surface area contributed by atoms with Crippen molar-refractivity contribution in [1.82, 2.24) is 0 Å². The van der Waals surface area contributed by atoms with Gasteiger partial charge in [-0.15, -0.1) is 0 Å². The maximum atomic E-state index is 13.5. The van der Waals surface area contributed by atoms with Gasteiger partial charge in [-0.2, -0.15) is 0 Å². The van der Waals surface area contributed by atoms with Gasteiger partial charge < -0.3 is 14.8 Å². The Bertz CT molecular complexity index is 542. The van der Waals surface area contributed by atoms with Crippen LogP contribution in [0.1, 0.15) is 30.1 Å². The molecule has 1 N–H and O–H groups in total. The molecule has 1 aliphatic rings. The Labute approximate surface area is 122 Å². The van der Waals surface area contributed by atoms with E-state index in [2.05, 4.69) is 10.1 Å². The predicted octanol–water partition coefficient (Wildman–Crippen LogP) is 2.37. The third kappa shape index (κ3) is 4.26. The molecule has 21 heavy (non-hydrogen) atoms. The molecule has 6 heteroatoms. The zero-order chi connectivity index (χ0) is 15.4. The summed E-state index contributed by atoms with van der Waals surface area (Å²) in [6, 6.07) is 3.73. The van der Waals surface area contributed by atoms with Crippen molar-refractivity contribution in [2.75, 3.05) is 19.0 Å². The first-order chi connectivity index (χ1) is 10.0. The first-order valence-corrected chi connectivity index (χ1v) is 6.81. The Morgan fingerprint density at radius 1 is 1.43 bits per heavy atom. The number of nitrogens with one attached hydrogen (secondary N) is 1. The first-order valence-electron chi connectivity index (χ1n) is 6.81. The molecule has 1 unspecified atom stereocenters. The monoisotopic (exact) mass is 295 g/mol. The van der Waals surface area contributed by atoms with Gasteiger partial charge in [0.15, 0.2) is 0 Å². The van der Waals surface area contributed by atoms with Crippen LogP contribution < -0.4 is 5.32 Å². The lowest BCUT2D eigenvalue weighted by atomic mass is 10.2. The van der Waals surface area contributed by atoms with Gasteiger partial charge in [-0.1, -0.05) is 0 Å². The van der Waals surface area contributed by atoms with Crippen LogP contribution in [0.2, 0.25) is 0 Å². The lowest BCUT2D eigenvalue weighted by Crippen LogP contribution is -2.28. The van der Waals surface area contributed by atoms with Crippen molar-refractivity contribution in [3.8, 4) is 0 Å². The van der Waals surface area contributed by atoms with E-state index in [4.69, 9.17) is 4.74 Å². The molecule has 1 atom stereocenters. The Kier molecular flexibility index (Phi) is 4.90. The number of esters is 1. The number of benzene rings is 1. The van der Waals surface area contributed by atoms with Crippen LogP contribution >= 0.6 is 0 Å². The smallest absolute Gasteiger partial charge is 0.340 e.